The Balaban J connectivity index is 1.72. The van der Waals surface area contributed by atoms with Crippen LogP contribution in [0.15, 0.2) is 11.6 Å². The van der Waals surface area contributed by atoms with Crippen LogP contribution >= 0.6 is 0 Å². The third-order valence-corrected chi connectivity index (χ3v) is 9.17. The molecule has 0 saturated heterocycles. The van der Waals surface area contributed by atoms with Gasteiger partial charge in [0.05, 0.1) is 0 Å². The minimum atomic E-state index is 0.0942. The molecule has 0 spiro atoms. The van der Waals surface area contributed by atoms with E-state index in [2.05, 4.69) is 26.7 Å². The summed E-state index contributed by atoms with van der Waals surface area (Å²) in [6, 6.07) is 0. The Labute approximate surface area is 147 Å². The van der Waals surface area contributed by atoms with Gasteiger partial charge < -0.3 is 0 Å². The zero-order chi connectivity index (χ0) is 17.2. The number of carbonyl (C=O) groups excluding carboxylic acids is 1. The van der Waals surface area contributed by atoms with E-state index in [1.807, 2.05) is 6.08 Å². The predicted molar refractivity (Wildman–Crippen MR) is 98.3 cm³/mol. The van der Waals surface area contributed by atoms with Gasteiger partial charge in [-0.15, -0.1) is 6.42 Å². The van der Waals surface area contributed by atoms with Crippen LogP contribution < -0.4 is 0 Å². The smallest absolute Gasteiger partial charge is 0.155 e. The van der Waals surface area contributed by atoms with Crippen molar-refractivity contribution >= 4 is 5.78 Å². The van der Waals surface area contributed by atoms with Crippen LogP contribution in [0.25, 0.3) is 0 Å². The summed E-state index contributed by atoms with van der Waals surface area (Å²) in [4.78, 5) is 11.9. The Morgan fingerprint density at radius 3 is 2.58 bits per heavy atom. The van der Waals surface area contributed by atoms with Gasteiger partial charge >= 0.3 is 0 Å². The highest BCUT2D eigenvalue weighted by atomic mass is 16.1. The molecule has 0 aromatic carbocycles. The third-order valence-electron chi connectivity index (χ3n) is 9.17. The maximum Gasteiger partial charge on any atom is 0.155 e. The molecule has 0 amide bonds. The van der Waals surface area contributed by atoms with Crippen LogP contribution in [0, 0.1) is 46.3 Å². The lowest BCUT2D eigenvalue weighted by Crippen LogP contribution is -2.52. The Morgan fingerprint density at radius 2 is 1.88 bits per heavy atom. The Kier molecular flexibility index (Phi) is 3.58. The maximum absolute atomic E-state index is 11.9. The van der Waals surface area contributed by atoms with Crippen molar-refractivity contribution in [1.82, 2.24) is 0 Å². The second kappa shape index (κ2) is 5.23. The summed E-state index contributed by atoms with van der Waals surface area (Å²) in [5, 5.41) is 0. The summed E-state index contributed by atoms with van der Waals surface area (Å²) < 4.78 is 0. The second-order valence-corrected chi connectivity index (χ2v) is 9.53. The number of hydrogen-bond acceptors (Lipinski definition) is 1. The van der Waals surface area contributed by atoms with Crippen molar-refractivity contribution in [3.63, 3.8) is 0 Å². The molecule has 3 fully saturated rings. The zero-order valence-electron chi connectivity index (χ0n) is 15.7. The van der Waals surface area contributed by atoms with Crippen LogP contribution in [0.3, 0.4) is 0 Å². The van der Waals surface area contributed by atoms with Crippen molar-refractivity contribution < 1.29 is 4.79 Å². The highest BCUT2D eigenvalue weighted by molar-refractivity contribution is 5.91. The van der Waals surface area contributed by atoms with E-state index in [0.717, 1.165) is 37.0 Å². The van der Waals surface area contributed by atoms with Crippen molar-refractivity contribution in [3.8, 4) is 12.3 Å². The first kappa shape index (κ1) is 16.4. The number of carbonyl (C=O) groups is 1. The maximum atomic E-state index is 11.9. The van der Waals surface area contributed by atoms with Crippen molar-refractivity contribution in [2.45, 2.75) is 78.6 Å². The fraction of sp³-hybridized carbons (Fsp3) is 0.783. The molecule has 1 nitrogen and oxygen atoms in total. The van der Waals surface area contributed by atoms with Crippen molar-refractivity contribution in [3.05, 3.63) is 11.6 Å². The van der Waals surface area contributed by atoms with Gasteiger partial charge in [-0.05, 0) is 93.0 Å². The van der Waals surface area contributed by atoms with E-state index < -0.39 is 0 Å². The molecule has 4 rings (SSSR count). The average molecular weight is 325 g/mol. The molecule has 0 aromatic rings. The van der Waals surface area contributed by atoms with Gasteiger partial charge in [0.2, 0.25) is 0 Å². The summed E-state index contributed by atoms with van der Waals surface area (Å²) in [5.41, 5.74) is 2.22. The van der Waals surface area contributed by atoms with E-state index >= 15 is 0 Å². The molecule has 0 aliphatic heterocycles. The largest absolute Gasteiger partial charge is 0.295 e. The molecule has 0 heterocycles. The molecular formula is C23H32O. The number of allylic oxidation sites excluding steroid dienone is 1. The minimum absolute atomic E-state index is 0.0942. The molecule has 0 radical (unpaired) electrons. The first-order chi connectivity index (χ1) is 11.4. The molecule has 24 heavy (non-hydrogen) atoms. The summed E-state index contributed by atoms with van der Waals surface area (Å²) in [6.45, 7) is 7.21. The molecule has 0 aromatic heterocycles. The summed E-state index contributed by atoms with van der Waals surface area (Å²) in [6.07, 6.45) is 18.7. The number of hydrogen-bond donors (Lipinski definition) is 0. The van der Waals surface area contributed by atoms with Crippen LogP contribution in [-0.4, -0.2) is 5.78 Å². The van der Waals surface area contributed by atoms with E-state index in [4.69, 9.17) is 6.42 Å². The van der Waals surface area contributed by atoms with Crippen molar-refractivity contribution in [2.24, 2.45) is 34.0 Å². The van der Waals surface area contributed by atoms with Crippen molar-refractivity contribution in [1.29, 1.82) is 0 Å². The van der Waals surface area contributed by atoms with E-state index in [0.29, 0.717) is 11.2 Å². The lowest BCUT2D eigenvalue weighted by atomic mass is 9.44. The molecule has 6 atom stereocenters. The first-order valence-electron chi connectivity index (χ1n) is 10.1. The first-order valence-corrected chi connectivity index (χ1v) is 10.1. The lowest BCUT2D eigenvalue weighted by molar-refractivity contribution is -0.118. The highest BCUT2D eigenvalue weighted by Gasteiger charge is 2.63. The normalized spacial score (nSPS) is 50.3. The third kappa shape index (κ3) is 1.86. The lowest BCUT2D eigenvalue weighted by Gasteiger charge is -2.60. The molecule has 4 aliphatic carbocycles. The summed E-state index contributed by atoms with van der Waals surface area (Å²) in [7, 11) is 0. The molecule has 3 saturated carbocycles. The zero-order valence-corrected chi connectivity index (χ0v) is 15.7. The Hall–Kier alpha value is -1.03. The van der Waals surface area contributed by atoms with Gasteiger partial charge in [-0.2, -0.15) is 0 Å². The second-order valence-electron chi connectivity index (χ2n) is 9.53. The molecule has 1 unspecified atom stereocenters. The molecule has 1 heteroatoms. The van der Waals surface area contributed by atoms with Crippen LogP contribution in [0.4, 0.5) is 0 Å². The highest BCUT2D eigenvalue weighted by Crippen LogP contribution is 2.70. The van der Waals surface area contributed by atoms with Gasteiger partial charge in [-0.3, -0.25) is 4.79 Å². The van der Waals surface area contributed by atoms with Crippen LogP contribution in [0.5, 0.6) is 0 Å². The van der Waals surface area contributed by atoms with E-state index in [1.54, 1.807) is 0 Å². The SMILES string of the molecule is C#C[C@@]1(C)CC[C@H]2C3CCC4=CC(=O)CC[C@]4(C)[C@H]3CC[C@@]21CC. The van der Waals surface area contributed by atoms with Gasteiger partial charge in [0, 0.05) is 11.8 Å². The Bertz CT molecular complexity index is 637. The number of rotatable bonds is 1. The minimum Gasteiger partial charge on any atom is -0.295 e. The summed E-state index contributed by atoms with van der Waals surface area (Å²) in [5.74, 6) is 6.00. The number of ketones is 1. The topological polar surface area (TPSA) is 17.1 Å². The van der Waals surface area contributed by atoms with Gasteiger partial charge in [-0.25, -0.2) is 0 Å². The fourth-order valence-electron chi connectivity index (χ4n) is 7.69. The number of terminal acetylenes is 1. The van der Waals surface area contributed by atoms with Crippen LogP contribution in [0.1, 0.15) is 78.6 Å². The molecule has 130 valence electrons. The molecule has 0 N–H and O–H groups in total. The molecular weight excluding hydrogens is 292 g/mol. The monoisotopic (exact) mass is 324 g/mol. The van der Waals surface area contributed by atoms with E-state index in [9.17, 15) is 4.79 Å². The van der Waals surface area contributed by atoms with Gasteiger partial charge in [0.15, 0.2) is 5.78 Å². The molecule has 4 aliphatic rings. The average Bonchev–Trinajstić information content (AvgIpc) is 2.89. The van der Waals surface area contributed by atoms with Crippen LogP contribution in [-0.2, 0) is 4.79 Å². The van der Waals surface area contributed by atoms with Gasteiger partial charge in [0.25, 0.3) is 0 Å². The van der Waals surface area contributed by atoms with E-state index in [-0.39, 0.29) is 10.8 Å². The quantitative estimate of drug-likeness (QED) is 0.578. The van der Waals surface area contributed by atoms with Gasteiger partial charge in [0.1, 0.15) is 0 Å². The van der Waals surface area contributed by atoms with Crippen molar-refractivity contribution in [2.75, 3.05) is 0 Å². The van der Waals surface area contributed by atoms with Crippen LogP contribution in [0.2, 0.25) is 0 Å². The number of fused-ring (bicyclic) bond motifs is 5. The predicted octanol–water partition coefficient (Wildman–Crippen LogP) is 5.55. The standard InChI is InChI=1S/C23H32O/c1-5-21(3)12-10-20-18-8-7-16-15-17(24)9-13-22(16,4)19(18)11-14-23(20,21)6-2/h1,15,18-20H,6-14H2,2-4H3/t18?,19-,20-,21-,22-,23-/m0/s1. The Morgan fingerprint density at radius 1 is 1.12 bits per heavy atom. The fourth-order valence-corrected chi connectivity index (χ4v) is 7.69. The summed E-state index contributed by atoms with van der Waals surface area (Å²) >= 11 is 0. The van der Waals surface area contributed by atoms with E-state index in [1.165, 1.54) is 44.1 Å². The van der Waals surface area contributed by atoms with Gasteiger partial charge in [-0.1, -0.05) is 25.3 Å². The molecule has 0 bridgehead atoms.